The number of nitrogens with zero attached hydrogens (tertiary/aromatic N) is 2. The Kier molecular flexibility index (Phi) is 2.72. The predicted octanol–water partition coefficient (Wildman–Crippen LogP) is 2.53. The van der Waals surface area contributed by atoms with Crippen LogP contribution in [0.3, 0.4) is 0 Å². The van der Waals surface area contributed by atoms with Crippen LogP contribution in [0.25, 0.3) is 20.8 Å². The number of methoxy groups -OCH3 is 1. The lowest BCUT2D eigenvalue weighted by Gasteiger charge is -2.01. The van der Waals surface area contributed by atoms with Gasteiger partial charge in [-0.2, -0.15) is 0 Å². The van der Waals surface area contributed by atoms with E-state index in [9.17, 15) is 0 Å². The maximum atomic E-state index is 5.88. The lowest BCUT2D eigenvalue weighted by Crippen LogP contribution is -1.97. The molecule has 0 aliphatic heterocycles. The van der Waals surface area contributed by atoms with Gasteiger partial charge in [0.1, 0.15) is 22.4 Å². The molecular formula is C13H12N4OS. The van der Waals surface area contributed by atoms with Crippen LogP contribution in [0.2, 0.25) is 0 Å². The van der Waals surface area contributed by atoms with Gasteiger partial charge in [-0.1, -0.05) is 0 Å². The summed E-state index contributed by atoms with van der Waals surface area (Å²) in [6.07, 6.45) is 0. The van der Waals surface area contributed by atoms with E-state index in [1.165, 1.54) is 0 Å². The molecule has 0 amide bonds. The number of fused-ring (bicyclic) bond motifs is 1. The van der Waals surface area contributed by atoms with Gasteiger partial charge in [-0.05, 0) is 30.3 Å². The second-order valence-electron chi connectivity index (χ2n) is 4.02. The van der Waals surface area contributed by atoms with Gasteiger partial charge in [0, 0.05) is 0 Å². The van der Waals surface area contributed by atoms with E-state index >= 15 is 0 Å². The van der Waals surface area contributed by atoms with Gasteiger partial charge in [-0.15, -0.1) is 11.3 Å². The minimum atomic E-state index is 0.394. The second kappa shape index (κ2) is 4.40. The zero-order chi connectivity index (χ0) is 13.4. The van der Waals surface area contributed by atoms with Gasteiger partial charge in [-0.25, -0.2) is 9.97 Å². The van der Waals surface area contributed by atoms with Crippen molar-refractivity contribution in [3.8, 4) is 16.3 Å². The molecule has 0 fully saturated rings. The maximum Gasteiger partial charge on any atom is 0.136 e. The molecule has 1 aromatic carbocycles. The fraction of sp³-hybridized carbons (Fsp3) is 0.0769. The average Bonchev–Trinajstić information content (AvgIpc) is 2.80. The van der Waals surface area contributed by atoms with Gasteiger partial charge >= 0.3 is 0 Å². The van der Waals surface area contributed by atoms with E-state index in [0.717, 1.165) is 26.5 Å². The summed E-state index contributed by atoms with van der Waals surface area (Å²) in [5.41, 5.74) is 13.2. The van der Waals surface area contributed by atoms with Crippen molar-refractivity contribution in [3.63, 3.8) is 0 Å². The van der Waals surface area contributed by atoms with Crippen molar-refractivity contribution >= 4 is 33.2 Å². The number of hydrogen-bond acceptors (Lipinski definition) is 6. The van der Waals surface area contributed by atoms with Crippen LogP contribution in [-0.4, -0.2) is 17.1 Å². The van der Waals surface area contributed by atoms with Crippen molar-refractivity contribution < 1.29 is 4.74 Å². The SMILES string of the molecule is COc1ccc2nc(-c3ccc(N)nc3N)sc2c1. The Balaban J connectivity index is 2.14. The number of nitrogens with two attached hydrogens (primary N) is 2. The van der Waals surface area contributed by atoms with E-state index in [2.05, 4.69) is 9.97 Å². The summed E-state index contributed by atoms with van der Waals surface area (Å²) < 4.78 is 6.25. The van der Waals surface area contributed by atoms with Crippen molar-refractivity contribution in [3.05, 3.63) is 30.3 Å². The lowest BCUT2D eigenvalue weighted by atomic mass is 10.2. The normalized spacial score (nSPS) is 10.8. The summed E-state index contributed by atoms with van der Waals surface area (Å²) in [6.45, 7) is 0. The molecule has 0 saturated heterocycles. The van der Waals surface area contributed by atoms with E-state index in [-0.39, 0.29) is 0 Å². The molecule has 3 aromatic rings. The quantitative estimate of drug-likeness (QED) is 0.748. The number of pyridine rings is 1. The van der Waals surface area contributed by atoms with Crippen LogP contribution >= 0.6 is 11.3 Å². The number of nitrogen functional groups attached to an aromatic ring is 2. The molecule has 0 bridgehead atoms. The molecular weight excluding hydrogens is 260 g/mol. The standard InChI is InChI=1S/C13H12N4OS/c1-18-7-2-4-9-10(6-7)19-13(16-9)8-3-5-11(14)17-12(8)15/h2-6H,1H3,(H4,14,15,17). The van der Waals surface area contributed by atoms with E-state index in [1.54, 1.807) is 24.5 Å². The van der Waals surface area contributed by atoms with Gasteiger partial charge in [-0.3, -0.25) is 0 Å². The molecule has 5 nitrogen and oxygen atoms in total. The molecule has 0 unspecified atom stereocenters. The average molecular weight is 272 g/mol. The topological polar surface area (TPSA) is 87.0 Å². The molecule has 96 valence electrons. The molecule has 0 aliphatic rings. The zero-order valence-corrected chi connectivity index (χ0v) is 11.1. The Morgan fingerprint density at radius 1 is 1.11 bits per heavy atom. The number of ether oxygens (including phenoxy) is 1. The molecule has 2 heterocycles. The first-order valence-electron chi connectivity index (χ1n) is 5.64. The maximum absolute atomic E-state index is 5.88. The first-order valence-corrected chi connectivity index (χ1v) is 6.46. The molecule has 0 saturated carbocycles. The Morgan fingerprint density at radius 2 is 1.95 bits per heavy atom. The van der Waals surface area contributed by atoms with Crippen LogP contribution in [-0.2, 0) is 0 Å². The Labute approximate surface area is 113 Å². The Morgan fingerprint density at radius 3 is 2.68 bits per heavy atom. The number of aromatic nitrogens is 2. The zero-order valence-electron chi connectivity index (χ0n) is 10.3. The van der Waals surface area contributed by atoms with Crippen LogP contribution < -0.4 is 16.2 Å². The van der Waals surface area contributed by atoms with Crippen molar-refractivity contribution in [1.29, 1.82) is 0 Å². The van der Waals surface area contributed by atoms with Gasteiger partial charge in [0.25, 0.3) is 0 Å². The third kappa shape index (κ3) is 2.06. The van der Waals surface area contributed by atoms with E-state index in [1.807, 2.05) is 24.3 Å². The number of anilines is 2. The van der Waals surface area contributed by atoms with Crippen molar-refractivity contribution in [2.75, 3.05) is 18.6 Å². The molecule has 0 spiro atoms. The number of rotatable bonds is 2. The second-order valence-corrected chi connectivity index (χ2v) is 5.05. The highest BCUT2D eigenvalue weighted by Gasteiger charge is 2.10. The summed E-state index contributed by atoms with van der Waals surface area (Å²) in [6, 6.07) is 9.33. The highest BCUT2D eigenvalue weighted by atomic mass is 32.1. The lowest BCUT2D eigenvalue weighted by molar-refractivity contribution is 0.415. The molecule has 4 N–H and O–H groups in total. The van der Waals surface area contributed by atoms with Crippen LogP contribution in [0.5, 0.6) is 5.75 Å². The van der Waals surface area contributed by atoms with Gasteiger partial charge in [0.2, 0.25) is 0 Å². The van der Waals surface area contributed by atoms with Gasteiger partial charge in [0.15, 0.2) is 0 Å². The van der Waals surface area contributed by atoms with E-state index in [4.69, 9.17) is 16.2 Å². The Bertz CT molecular complexity index is 753. The molecule has 19 heavy (non-hydrogen) atoms. The predicted molar refractivity (Wildman–Crippen MR) is 78.2 cm³/mol. The monoisotopic (exact) mass is 272 g/mol. The summed E-state index contributed by atoms with van der Waals surface area (Å²) in [5.74, 6) is 1.61. The van der Waals surface area contributed by atoms with E-state index < -0.39 is 0 Å². The third-order valence-electron chi connectivity index (χ3n) is 2.77. The first kappa shape index (κ1) is 11.7. The smallest absolute Gasteiger partial charge is 0.136 e. The molecule has 3 rings (SSSR count). The molecule has 2 aromatic heterocycles. The Hall–Kier alpha value is -2.34. The van der Waals surface area contributed by atoms with Crippen molar-refractivity contribution in [2.45, 2.75) is 0 Å². The summed E-state index contributed by atoms with van der Waals surface area (Å²) in [5, 5.41) is 0.827. The van der Waals surface area contributed by atoms with Crippen molar-refractivity contribution in [1.82, 2.24) is 9.97 Å². The molecule has 0 atom stereocenters. The summed E-state index contributed by atoms with van der Waals surface area (Å²) in [4.78, 5) is 8.60. The highest BCUT2D eigenvalue weighted by molar-refractivity contribution is 7.21. The van der Waals surface area contributed by atoms with Crippen molar-refractivity contribution in [2.24, 2.45) is 0 Å². The van der Waals surface area contributed by atoms with Gasteiger partial charge < -0.3 is 16.2 Å². The van der Waals surface area contributed by atoms with Gasteiger partial charge in [0.05, 0.1) is 22.9 Å². The first-order chi connectivity index (χ1) is 9.17. The largest absolute Gasteiger partial charge is 0.497 e. The fourth-order valence-corrected chi connectivity index (χ4v) is 2.85. The number of thiazole rings is 1. The highest BCUT2D eigenvalue weighted by Crippen LogP contribution is 2.34. The van der Waals surface area contributed by atoms with Crippen LogP contribution in [0.15, 0.2) is 30.3 Å². The minimum absolute atomic E-state index is 0.394. The molecule has 0 aliphatic carbocycles. The number of hydrogen-bond donors (Lipinski definition) is 2. The molecule has 0 radical (unpaired) electrons. The summed E-state index contributed by atoms with van der Waals surface area (Å²) in [7, 11) is 1.64. The number of benzene rings is 1. The molecule has 6 heteroatoms. The minimum Gasteiger partial charge on any atom is -0.497 e. The van der Waals surface area contributed by atoms with Crippen LogP contribution in [0, 0.1) is 0 Å². The van der Waals surface area contributed by atoms with E-state index in [0.29, 0.717) is 11.6 Å². The van der Waals surface area contributed by atoms with Crippen LogP contribution in [0.4, 0.5) is 11.6 Å². The third-order valence-corrected chi connectivity index (χ3v) is 3.82. The summed E-state index contributed by atoms with van der Waals surface area (Å²) >= 11 is 1.55. The fourth-order valence-electron chi connectivity index (χ4n) is 1.82. The van der Waals surface area contributed by atoms with Crippen LogP contribution in [0.1, 0.15) is 0 Å².